The third-order valence-electron chi connectivity index (χ3n) is 4.12. The summed E-state index contributed by atoms with van der Waals surface area (Å²) >= 11 is 1.43. The zero-order valence-electron chi connectivity index (χ0n) is 12.7. The minimum Gasteiger partial charge on any atom is -0.381 e. The molecule has 0 radical (unpaired) electrons. The van der Waals surface area contributed by atoms with Crippen molar-refractivity contribution in [2.45, 2.75) is 12.8 Å². The minimum atomic E-state index is -0.531. The summed E-state index contributed by atoms with van der Waals surface area (Å²) < 4.78 is 5.34. The summed E-state index contributed by atoms with van der Waals surface area (Å²) in [6.45, 7) is 1.49. The molecule has 2 aromatic rings. The van der Waals surface area contributed by atoms with Crippen molar-refractivity contribution in [1.29, 1.82) is 0 Å². The molecule has 0 aliphatic carbocycles. The van der Waals surface area contributed by atoms with E-state index in [9.17, 15) is 4.79 Å². The molecule has 1 aromatic heterocycles. The van der Waals surface area contributed by atoms with E-state index >= 15 is 0 Å². The standard InChI is InChI=1S/C16H19N3O2S.ClH/c17-11-16(6-8-21-9-7-16)14(20)19-15-18-13(10-22-15)12-4-2-1-3-5-12;/h1-5,10H,6-9,11,17H2,(H,18,19,20);1H. The van der Waals surface area contributed by atoms with E-state index in [1.54, 1.807) is 0 Å². The van der Waals surface area contributed by atoms with Crippen LogP contribution in [-0.4, -0.2) is 30.6 Å². The van der Waals surface area contributed by atoms with Gasteiger partial charge in [0, 0.05) is 30.7 Å². The van der Waals surface area contributed by atoms with Gasteiger partial charge in [-0.2, -0.15) is 0 Å². The van der Waals surface area contributed by atoms with Crippen molar-refractivity contribution in [3.63, 3.8) is 0 Å². The number of ether oxygens (including phenoxy) is 1. The van der Waals surface area contributed by atoms with E-state index in [0.29, 0.717) is 37.7 Å². The number of hydrogen-bond donors (Lipinski definition) is 2. The van der Waals surface area contributed by atoms with E-state index in [4.69, 9.17) is 10.5 Å². The fraction of sp³-hybridized carbons (Fsp3) is 0.375. The van der Waals surface area contributed by atoms with Crippen LogP contribution in [0.4, 0.5) is 5.13 Å². The summed E-state index contributed by atoms with van der Waals surface area (Å²) in [5.74, 6) is -0.0488. The van der Waals surface area contributed by atoms with E-state index in [1.807, 2.05) is 35.7 Å². The molecule has 7 heteroatoms. The highest BCUT2D eigenvalue weighted by Gasteiger charge is 2.39. The molecule has 1 amide bonds. The predicted octanol–water partition coefficient (Wildman–Crippen LogP) is 2.93. The number of halogens is 1. The SMILES string of the molecule is Cl.NCC1(C(=O)Nc2nc(-c3ccccc3)cs2)CCOCC1. The van der Waals surface area contributed by atoms with Gasteiger partial charge in [0.05, 0.1) is 11.1 Å². The first-order valence-corrected chi connectivity index (χ1v) is 8.22. The molecule has 1 fully saturated rings. The molecule has 0 spiro atoms. The van der Waals surface area contributed by atoms with Crippen LogP contribution in [0.3, 0.4) is 0 Å². The van der Waals surface area contributed by atoms with Crippen LogP contribution in [0.2, 0.25) is 0 Å². The monoisotopic (exact) mass is 353 g/mol. The second kappa shape index (κ2) is 7.88. The Kier molecular flexibility index (Phi) is 6.12. The van der Waals surface area contributed by atoms with Gasteiger partial charge in [-0.3, -0.25) is 4.79 Å². The van der Waals surface area contributed by atoms with E-state index in [2.05, 4.69) is 10.3 Å². The highest BCUT2D eigenvalue weighted by molar-refractivity contribution is 7.14. The number of anilines is 1. The zero-order chi connectivity index (χ0) is 15.4. The van der Waals surface area contributed by atoms with Crippen molar-refractivity contribution in [2.75, 3.05) is 25.1 Å². The van der Waals surface area contributed by atoms with Gasteiger partial charge in [-0.1, -0.05) is 30.3 Å². The number of aromatic nitrogens is 1. The molecular formula is C16H20ClN3O2S. The fourth-order valence-corrected chi connectivity index (χ4v) is 3.30. The first kappa shape index (κ1) is 17.9. The summed E-state index contributed by atoms with van der Waals surface area (Å²) in [7, 11) is 0. The fourth-order valence-electron chi connectivity index (χ4n) is 2.59. The Bertz CT molecular complexity index is 642. The Morgan fingerprint density at radius 2 is 2.00 bits per heavy atom. The van der Waals surface area contributed by atoms with Crippen molar-refractivity contribution in [3.8, 4) is 11.3 Å². The number of thiazole rings is 1. The van der Waals surface area contributed by atoms with Crippen molar-refractivity contribution < 1.29 is 9.53 Å². The summed E-state index contributed by atoms with van der Waals surface area (Å²) in [6.07, 6.45) is 1.32. The highest BCUT2D eigenvalue weighted by atomic mass is 35.5. The number of nitrogens with zero attached hydrogens (tertiary/aromatic N) is 1. The average molecular weight is 354 g/mol. The Hall–Kier alpha value is -1.47. The number of rotatable bonds is 4. The summed E-state index contributed by atoms with van der Waals surface area (Å²) in [5, 5.41) is 5.49. The topological polar surface area (TPSA) is 77.2 Å². The maximum absolute atomic E-state index is 12.6. The first-order chi connectivity index (χ1) is 10.7. The van der Waals surface area contributed by atoms with Gasteiger partial charge in [0.15, 0.2) is 5.13 Å². The van der Waals surface area contributed by atoms with Crippen molar-refractivity contribution in [2.24, 2.45) is 11.1 Å². The van der Waals surface area contributed by atoms with Crippen molar-refractivity contribution in [1.82, 2.24) is 4.98 Å². The Balaban J connectivity index is 0.00000192. The molecule has 0 unspecified atom stereocenters. The largest absolute Gasteiger partial charge is 0.381 e. The summed E-state index contributed by atoms with van der Waals surface area (Å²) in [5.41, 5.74) is 7.24. The molecule has 0 saturated carbocycles. The van der Waals surface area contributed by atoms with E-state index in [-0.39, 0.29) is 18.3 Å². The van der Waals surface area contributed by atoms with Crippen LogP contribution >= 0.6 is 23.7 Å². The van der Waals surface area contributed by atoms with Crippen LogP contribution < -0.4 is 11.1 Å². The first-order valence-electron chi connectivity index (χ1n) is 7.34. The van der Waals surface area contributed by atoms with E-state index in [1.165, 1.54) is 11.3 Å². The van der Waals surface area contributed by atoms with Gasteiger partial charge in [-0.25, -0.2) is 4.98 Å². The quantitative estimate of drug-likeness (QED) is 0.885. The molecule has 1 aromatic carbocycles. The molecule has 3 rings (SSSR count). The van der Waals surface area contributed by atoms with Gasteiger partial charge in [-0.05, 0) is 12.8 Å². The van der Waals surface area contributed by atoms with Gasteiger partial charge in [-0.15, -0.1) is 23.7 Å². The second-order valence-corrected chi connectivity index (χ2v) is 6.31. The molecule has 1 saturated heterocycles. The third-order valence-corrected chi connectivity index (χ3v) is 4.87. The third kappa shape index (κ3) is 3.90. The average Bonchev–Trinajstić information content (AvgIpc) is 3.05. The Morgan fingerprint density at radius 1 is 1.30 bits per heavy atom. The van der Waals surface area contributed by atoms with Crippen LogP contribution in [0.25, 0.3) is 11.3 Å². The molecule has 0 bridgehead atoms. The zero-order valence-corrected chi connectivity index (χ0v) is 14.3. The maximum atomic E-state index is 12.6. The maximum Gasteiger partial charge on any atom is 0.233 e. The molecule has 2 heterocycles. The number of nitrogens with two attached hydrogens (primary N) is 1. The van der Waals surface area contributed by atoms with Crippen molar-refractivity contribution >= 4 is 34.8 Å². The molecule has 124 valence electrons. The normalized spacial score (nSPS) is 16.4. The minimum absolute atomic E-state index is 0. The molecule has 3 N–H and O–H groups in total. The van der Waals surface area contributed by atoms with Gasteiger partial charge < -0.3 is 15.8 Å². The van der Waals surface area contributed by atoms with Crippen molar-refractivity contribution in [3.05, 3.63) is 35.7 Å². The lowest BCUT2D eigenvalue weighted by Crippen LogP contribution is -2.46. The lowest BCUT2D eigenvalue weighted by molar-refractivity contribution is -0.130. The number of carbonyl (C=O) groups is 1. The number of hydrogen-bond acceptors (Lipinski definition) is 5. The van der Waals surface area contributed by atoms with Gasteiger partial charge in [0.2, 0.25) is 5.91 Å². The smallest absolute Gasteiger partial charge is 0.233 e. The lowest BCUT2D eigenvalue weighted by atomic mass is 9.79. The molecule has 1 aliphatic rings. The Morgan fingerprint density at radius 3 is 2.65 bits per heavy atom. The van der Waals surface area contributed by atoms with Crippen LogP contribution in [-0.2, 0) is 9.53 Å². The molecule has 5 nitrogen and oxygen atoms in total. The van der Waals surface area contributed by atoms with E-state index < -0.39 is 5.41 Å². The molecule has 23 heavy (non-hydrogen) atoms. The van der Waals surface area contributed by atoms with Crippen LogP contribution in [0, 0.1) is 5.41 Å². The van der Waals surface area contributed by atoms with Crippen LogP contribution in [0.5, 0.6) is 0 Å². The van der Waals surface area contributed by atoms with Crippen LogP contribution in [0.1, 0.15) is 12.8 Å². The van der Waals surface area contributed by atoms with Gasteiger partial charge in [0.1, 0.15) is 0 Å². The summed E-state index contributed by atoms with van der Waals surface area (Å²) in [6, 6.07) is 9.91. The predicted molar refractivity (Wildman–Crippen MR) is 95.0 cm³/mol. The number of carbonyl (C=O) groups excluding carboxylic acids is 1. The number of amides is 1. The number of nitrogens with one attached hydrogen (secondary N) is 1. The molecule has 0 atom stereocenters. The Labute approximate surface area is 145 Å². The summed E-state index contributed by atoms with van der Waals surface area (Å²) in [4.78, 5) is 17.1. The van der Waals surface area contributed by atoms with Gasteiger partial charge >= 0.3 is 0 Å². The van der Waals surface area contributed by atoms with Crippen LogP contribution in [0.15, 0.2) is 35.7 Å². The number of benzene rings is 1. The second-order valence-electron chi connectivity index (χ2n) is 5.45. The highest BCUT2D eigenvalue weighted by Crippen LogP contribution is 2.32. The van der Waals surface area contributed by atoms with Gasteiger partial charge in [0.25, 0.3) is 0 Å². The molecule has 1 aliphatic heterocycles. The van der Waals surface area contributed by atoms with E-state index in [0.717, 1.165) is 11.3 Å². The lowest BCUT2D eigenvalue weighted by Gasteiger charge is -2.34. The molecular weight excluding hydrogens is 334 g/mol.